The molecule has 1 fully saturated rings. The lowest BCUT2D eigenvalue weighted by Gasteiger charge is -2.17. The van der Waals surface area contributed by atoms with Gasteiger partial charge < -0.3 is 14.6 Å². The number of nitrogens with zero attached hydrogens (tertiary/aromatic N) is 1. The number of hydrogen-bond acceptors (Lipinski definition) is 3. The Morgan fingerprint density at radius 2 is 1.80 bits per heavy atom. The van der Waals surface area contributed by atoms with Gasteiger partial charge in [0.1, 0.15) is 0 Å². The number of halogens is 7. The van der Waals surface area contributed by atoms with Gasteiger partial charge in [0.2, 0.25) is 0 Å². The van der Waals surface area contributed by atoms with Crippen LogP contribution >= 0.6 is 35.1 Å². The second-order valence-corrected chi connectivity index (χ2v) is 8.56. The van der Waals surface area contributed by atoms with Gasteiger partial charge in [0.25, 0.3) is 11.8 Å². The number of hydrogen-bond donors (Lipinski definition) is 2. The van der Waals surface area contributed by atoms with Gasteiger partial charge in [0, 0.05) is 30.0 Å². The van der Waals surface area contributed by atoms with E-state index in [1.807, 2.05) is 0 Å². The fourth-order valence-electron chi connectivity index (χ4n) is 3.22. The molecule has 0 atom stereocenters. The smallest absolute Gasteiger partial charge is 0.361 e. The molecule has 4 nitrogen and oxygen atoms in total. The second kappa shape index (κ2) is 8.12. The highest BCUT2D eigenvalue weighted by molar-refractivity contribution is 8.00. The second-order valence-electron chi connectivity index (χ2n) is 6.93. The van der Waals surface area contributed by atoms with Gasteiger partial charge in [-0.1, -0.05) is 23.2 Å². The molecule has 3 rings (SSSR count). The van der Waals surface area contributed by atoms with Gasteiger partial charge in [-0.3, -0.25) is 4.79 Å². The molecule has 0 bridgehead atoms. The minimum absolute atomic E-state index is 0.0584. The first kappa shape index (κ1) is 23.0. The Labute approximate surface area is 183 Å². The topological polar surface area (TPSA) is 48.1 Å². The number of carbonyl (C=O) groups is 1. The van der Waals surface area contributed by atoms with Gasteiger partial charge in [-0.15, -0.1) is 0 Å². The first-order chi connectivity index (χ1) is 13.8. The summed E-state index contributed by atoms with van der Waals surface area (Å²) in [5.74, 6) is -3.46. The van der Waals surface area contributed by atoms with Crippen LogP contribution < -0.4 is 4.72 Å². The molecule has 0 aliphatic carbocycles. The van der Waals surface area contributed by atoms with Gasteiger partial charge >= 0.3 is 6.18 Å². The Morgan fingerprint density at radius 3 is 2.30 bits per heavy atom. The number of nitrogens with one attached hydrogen (secondary N) is 2. The number of aryl methyl sites for hydroxylation is 2. The van der Waals surface area contributed by atoms with Gasteiger partial charge in [-0.05, 0) is 37.9 Å². The van der Waals surface area contributed by atoms with Crippen LogP contribution in [-0.2, 0) is 6.18 Å². The van der Waals surface area contributed by atoms with E-state index in [0.717, 1.165) is 29.0 Å². The molecular formula is C18H16Cl2F5N3OS. The van der Waals surface area contributed by atoms with Crippen molar-refractivity contribution < 1.29 is 26.7 Å². The summed E-state index contributed by atoms with van der Waals surface area (Å²) < 4.78 is 68.8. The highest BCUT2D eigenvalue weighted by atomic mass is 35.5. The van der Waals surface area contributed by atoms with Crippen molar-refractivity contribution in [3.05, 3.63) is 44.7 Å². The van der Waals surface area contributed by atoms with Crippen molar-refractivity contribution in [1.82, 2.24) is 9.88 Å². The molecule has 1 aliphatic heterocycles. The molecule has 1 amide bonds. The lowest BCUT2D eigenvalue weighted by atomic mass is 10.2. The number of amides is 1. The quantitative estimate of drug-likeness (QED) is 0.379. The predicted octanol–water partition coefficient (Wildman–Crippen LogP) is 6.56. The van der Waals surface area contributed by atoms with Crippen molar-refractivity contribution in [3.63, 3.8) is 0 Å². The number of anilines is 1. The summed E-state index contributed by atoms with van der Waals surface area (Å²) in [6, 6.07) is 2.14. The van der Waals surface area contributed by atoms with Crippen LogP contribution in [0.3, 0.4) is 0 Å². The van der Waals surface area contributed by atoms with E-state index in [1.165, 1.54) is 0 Å². The van der Waals surface area contributed by atoms with Crippen LogP contribution in [-0.4, -0.2) is 34.8 Å². The van der Waals surface area contributed by atoms with Crippen molar-refractivity contribution >= 4 is 46.7 Å². The zero-order valence-corrected chi connectivity index (χ0v) is 18.0. The summed E-state index contributed by atoms with van der Waals surface area (Å²) >= 11 is 12.4. The number of rotatable bonds is 4. The molecule has 0 radical (unpaired) electrons. The number of benzene rings is 1. The van der Waals surface area contributed by atoms with Crippen molar-refractivity contribution in [1.29, 1.82) is 0 Å². The number of aromatic nitrogens is 1. The Balaban J connectivity index is 1.84. The lowest BCUT2D eigenvalue weighted by molar-refractivity contribution is -0.137. The third kappa shape index (κ3) is 4.65. The van der Waals surface area contributed by atoms with Crippen LogP contribution in [0.4, 0.5) is 27.6 Å². The zero-order valence-electron chi connectivity index (χ0n) is 15.7. The zero-order chi connectivity index (χ0) is 22.4. The number of carbonyl (C=O) groups excluding carboxylic acids is 1. The molecule has 30 heavy (non-hydrogen) atoms. The van der Waals surface area contributed by atoms with Gasteiger partial charge in [0.05, 0.1) is 32.6 Å². The molecule has 1 aliphatic rings. The molecule has 0 saturated carbocycles. The normalized spacial score (nSPS) is 16.2. The summed E-state index contributed by atoms with van der Waals surface area (Å²) in [6.07, 6.45) is -5.10. The Bertz CT molecular complexity index is 970. The third-order valence-electron chi connectivity index (χ3n) is 4.58. The maximum absolute atomic E-state index is 13.5. The number of likely N-dealkylation sites (tertiary alicyclic amines) is 1. The molecule has 2 heterocycles. The van der Waals surface area contributed by atoms with Crippen LogP contribution in [0.2, 0.25) is 10.0 Å². The fourth-order valence-corrected chi connectivity index (χ4v) is 4.81. The van der Waals surface area contributed by atoms with Crippen molar-refractivity contribution in [2.45, 2.75) is 37.3 Å². The highest BCUT2D eigenvalue weighted by Crippen LogP contribution is 2.42. The molecule has 1 saturated heterocycles. The van der Waals surface area contributed by atoms with Crippen LogP contribution in [0.15, 0.2) is 17.0 Å². The molecular weight excluding hydrogens is 472 g/mol. The van der Waals surface area contributed by atoms with E-state index in [1.54, 1.807) is 13.8 Å². The largest absolute Gasteiger partial charge is 0.419 e. The molecule has 164 valence electrons. The molecule has 1 aromatic heterocycles. The number of aromatic amines is 1. The van der Waals surface area contributed by atoms with E-state index in [4.69, 9.17) is 23.2 Å². The summed E-state index contributed by atoms with van der Waals surface area (Å²) in [4.78, 5) is 17.4. The van der Waals surface area contributed by atoms with Gasteiger partial charge in [-0.25, -0.2) is 8.78 Å². The minimum Gasteiger partial charge on any atom is -0.361 e. The summed E-state index contributed by atoms with van der Waals surface area (Å²) in [7, 11) is 0. The van der Waals surface area contributed by atoms with E-state index >= 15 is 0 Å². The van der Waals surface area contributed by atoms with Gasteiger partial charge in [0.15, 0.2) is 0 Å². The van der Waals surface area contributed by atoms with Crippen LogP contribution in [0, 0.1) is 13.8 Å². The van der Waals surface area contributed by atoms with Crippen molar-refractivity contribution in [2.75, 3.05) is 17.8 Å². The van der Waals surface area contributed by atoms with E-state index < -0.39 is 46.6 Å². The van der Waals surface area contributed by atoms with Crippen molar-refractivity contribution in [2.24, 2.45) is 0 Å². The standard InChI is InChI=1S/C18H16Cl2F5N3OS/c1-8-13(16(29)28-4-3-17(21,22)7-28)15(9(2)26-8)30-27-10-5-11(19)14(12(20)6-10)18(23,24)25/h5-6,26-27H,3-4,7H2,1-2H3. The SMILES string of the molecule is Cc1[nH]c(C)c(C(=O)N2CCC(F)(F)C2)c1SNc1cc(Cl)c(C(F)(F)F)c(Cl)c1. The van der Waals surface area contributed by atoms with E-state index in [-0.39, 0.29) is 17.8 Å². The first-order valence-electron chi connectivity index (χ1n) is 8.65. The third-order valence-corrected chi connectivity index (χ3v) is 6.23. The summed E-state index contributed by atoms with van der Waals surface area (Å²) in [5, 5.41) is -1.15. The van der Waals surface area contributed by atoms with Crippen LogP contribution in [0.25, 0.3) is 0 Å². The highest BCUT2D eigenvalue weighted by Gasteiger charge is 2.41. The van der Waals surface area contributed by atoms with E-state index in [9.17, 15) is 26.7 Å². The Kier molecular flexibility index (Phi) is 6.23. The molecule has 2 aromatic rings. The molecule has 0 unspecified atom stereocenters. The lowest BCUT2D eigenvalue weighted by Crippen LogP contribution is -2.31. The maximum Gasteiger partial charge on any atom is 0.419 e. The molecule has 1 aromatic carbocycles. The molecule has 0 spiro atoms. The van der Waals surface area contributed by atoms with Gasteiger partial charge in [-0.2, -0.15) is 13.2 Å². The first-order valence-corrected chi connectivity index (χ1v) is 10.2. The number of H-pyrrole nitrogens is 1. The average Bonchev–Trinajstić information content (AvgIpc) is 3.08. The summed E-state index contributed by atoms with van der Waals surface area (Å²) in [5.41, 5.74) is 0.379. The monoisotopic (exact) mass is 487 g/mol. The predicted molar refractivity (Wildman–Crippen MR) is 107 cm³/mol. The van der Waals surface area contributed by atoms with Crippen LogP contribution in [0.5, 0.6) is 0 Å². The Morgan fingerprint density at radius 1 is 1.20 bits per heavy atom. The Hall–Kier alpha value is -1.65. The number of alkyl halides is 5. The van der Waals surface area contributed by atoms with E-state index in [0.29, 0.717) is 16.3 Å². The van der Waals surface area contributed by atoms with Crippen LogP contribution in [0.1, 0.15) is 33.7 Å². The van der Waals surface area contributed by atoms with E-state index in [2.05, 4.69) is 9.71 Å². The average molecular weight is 488 g/mol. The molecule has 12 heteroatoms. The summed E-state index contributed by atoms with van der Waals surface area (Å²) in [6.45, 7) is 2.62. The molecule has 2 N–H and O–H groups in total. The minimum atomic E-state index is -4.70. The fraction of sp³-hybridized carbons (Fsp3) is 0.389. The van der Waals surface area contributed by atoms with Crippen molar-refractivity contribution in [3.8, 4) is 0 Å². The maximum atomic E-state index is 13.5.